The molecule has 1 aliphatic rings. The van der Waals surface area contributed by atoms with Crippen molar-refractivity contribution in [2.45, 2.75) is 26.7 Å². The van der Waals surface area contributed by atoms with Gasteiger partial charge in [-0.1, -0.05) is 12.1 Å². The highest BCUT2D eigenvalue weighted by atomic mass is 16.5. The number of H-pyrrole nitrogens is 1. The molecule has 108 valence electrons. The van der Waals surface area contributed by atoms with Gasteiger partial charge in [0, 0.05) is 19.2 Å². The number of rotatable bonds is 3. The van der Waals surface area contributed by atoms with Gasteiger partial charge >= 0.3 is 0 Å². The van der Waals surface area contributed by atoms with E-state index in [4.69, 9.17) is 10.3 Å². The molecule has 1 saturated heterocycles. The molecule has 20 heavy (non-hydrogen) atoms. The molecule has 3 rings (SSSR count). The van der Waals surface area contributed by atoms with Crippen molar-refractivity contribution in [2.24, 2.45) is 11.1 Å². The van der Waals surface area contributed by atoms with Crippen LogP contribution in [0.1, 0.15) is 25.5 Å². The van der Waals surface area contributed by atoms with Crippen LogP contribution in [0.4, 0.5) is 5.95 Å². The van der Waals surface area contributed by atoms with E-state index >= 15 is 0 Å². The quantitative estimate of drug-likeness (QED) is 0.878. The predicted octanol–water partition coefficient (Wildman–Crippen LogP) is 1.33. The Labute approximate surface area is 117 Å². The Morgan fingerprint density at radius 2 is 2.20 bits per heavy atom. The zero-order chi connectivity index (χ0) is 14.2. The van der Waals surface area contributed by atoms with Crippen molar-refractivity contribution in [3.05, 3.63) is 11.8 Å². The van der Waals surface area contributed by atoms with Gasteiger partial charge in [-0.3, -0.25) is 5.10 Å². The lowest BCUT2D eigenvalue weighted by molar-refractivity contribution is 0.257. The Morgan fingerprint density at radius 3 is 2.80 bits per heavy atom. The Hall–Kier alpha value is -1.89. The molecule has 0 aromatic carbocycles. The normalized spacial score (nSPS) is 18.4. The van der Waals surface area contributed by atoms with Gasteiger partial charge in [0.05, 0.1) is 5.69 Å². The van der Waals surface area contributed by atoms with E-state index in [2.05, 4.69) is 32.2 Å². The van der Waals surface area contributed by atoms with Gasteiger partial charge in [0.25, 0.3) is 0 Å². The summed E-state index contributed by atoms with van der Waals surface area (Å²) in [6, 6.07) is 1.84. The fraction of sp³-hybridized carbons (Fsp3) is 0.615. The first-order valence-corrected chi connectivity index (χ1v) is 6.91. The molecule has 1 aliphatic heterocycles. The summed E-state index contributed by atoms with van der Waals surface area (Å²) >= 11 is 0. The summed E-state index contributed by atoms with van der Waals surface area (Å²) in [6.45, 7) is 6.71. The average molecular weight is 276 g/mol. The largest absolute Gasteiger partial charge is 0.353 e. The van der Waals surface area contributed by atoms with Crippen molar-refractivity contribution in [3.63, 3.8) is 0 Å². The first kappa shape index (κ1) is 13.1. The third kappa shape index (κ3) is 2.40. The minimum absolute atomic E-state index is 0.248. The molecule has 0 saturated carbocycles. The second-order valence-corrected chi connectivity index (χ2v) is 5.82. The van der Waals surface area contributed by atoms with Crippen LogP contribution in [0.25, 0.3) is 11.6 Å². The highest BCUT2D eigenvalue weighted by Gasteiger charge is 2.30. The molecule has 1 fully saturated rings. The van der Waals surface area contributed by atoms with Gasteiger partial charge in [-0.15, -0.1) is 5.10 Å². The van der Waals surface area contributed by atoms with Crippen molar-refractivity contribution in [3.8, 4) is 11.6 Å². The fourth-order valence-electron chi connectivity index (χ4n) is 2.43. The van der Waals surface area contributed by atoms with Crippen LogP contribution in [0.3, 0.4) is 0 Å². The Morgan fingerprint density at radius 1 is 1.45 bits per heavy atom. The molecule has 2 aromatic heterocycles. The third-order valence-corrected chi connectivity index (χ3v) is 4.08. The molecule has 0 radical (unpaired) electrons. The van der Waals surface area contributed by atoms with Crippen molar-refractivity contribution in [1.29, 1.82) is 0 Å². The van der Waals surface area contributed by atoms with E-state index < -0.39 is 0 Å². The van der Waals surface area contributed by atoms with E-state index in [-0.39, 0.29) is 5.41 Å². The lowest BCUT2D eigenvalue weighted by Gasteiger charge is -2.38. The summed E-state index contributed by atoms with van der Waals surface area (Å²) in [7, 11) is 0. The number of piperidine rings is 1. The number of nitrogens with two attached hydrogens (primary N) is 1. The molecule has 7 heteroatoms. The minimum Gasteiger partial charge on any atom is -0.353 e. The van der Waals surface area contributed by atoms with Crippen LogP contribution in [0.5, 0.6) is 0 Å². The smallest absolute Gasteiger partial charge is 0.245 e. The molecule has 0 bridgehead atoms. The Bertz CT molecular complexity index is 581. The molecule has 0 unspecified atom stereocenters. The first-order valence-electron chi connectivity index (χ1n) is 6.91. The number of anilines is 1. The van der Waals surface area contributed by atoms with E-state index in [9.17, 15) is 0 Å². The van der Waals surface area contributed by atoms with Crippen molar-refractivity contribution >= 4 is 5.95 Å². The van der Waals surface area contributed by atoms with Gasteiger partial charge in [-0.25, -0.2) is 0 Å². The van der Waals surface area contributed by atoms with Crippen LogP contribution in [0.15, 0.2) is 10.6 Å². The average Bonchev–Trinajstić information content (AvgIpc) is 3.08. The maximum atomic E-state index is 5.83. The standard InChI is InChI=1S/C13H20N6O/c1-9-7-10(20-18-9)11-15-12(17-16-11)19-5-3-13(2,8-14)4-6-19/h7H,3-6,8,14H2,1-2H3,(H,15,16,17). The third-order valence-electron chi connectivity index (χ3n) is 4.08. The summed E-state index contributed by atoms with van der Waals surface area (Å²) in [5.41, 5.74) is 6.90. The lowest BCUT2D eigenvalue weighted by atomic mass is 9.81. The molecule has 2 aromatic rings. The fourth-order valence-corrected chi connectivity index (χ4v) is 2.43. The van der Waals surface area contributed by atoms with E-state index in [1.54, 1.807) is 0 Å². The molecule has 0 aliphatic carbocycles. The molecule has 3 heterocycles. The topological polar surface area (TPSA) is 96.9 Å². The van der Waals surface area contributed by atoms with E-state index in [0.29, 0.717) is 17.5 Å². The molecule has 3 N–H and O–H groups in total. The van der Waals surface area contributed by atoms with Crippen molar-refractivity contribution < 1.29 is 4.52 Å². The van der Waals surface area contributed by atoms with Crippen LogP contribution in [0, 0.1) is 12.3 Å². The van der Waals surface area contributed by atoms with Gasteiger partial charge in [0.2, 0.25) is 11.7 Å². The number of hydrogen-bond acceptors (Lipinski definition) is 6. The summed E-state index contributed by atoms with van der Waals surface area (Å²) in [5, 5.41) is 11.0. The molecular formula is C13H20N6O. The van der Waals surface area contributed by atoms with Crippen molar-refractivity contribution in [1.82, 2.24) is 20.3 Å². The lowest BCUT2D eigenvalue weighted by Crippen LogP contribution is -2.42. The number of aromatic amines is 1. The number of nitrogens with one attached hydrogen (secondary N) is 1. The highest BCUT2D eigenvalue weighted by Crippen LogP contribution is 2.31. The predicted molar refractivity (Wildman–Crippen MR) is 75.2 cm³/mol. The first-order chi connectivity index (χ1) is 9.59. The van der Waals surface area contributed by atoms with Crippen molar-refractivity contribution in [2.75, 3.05) is 24.5 Å². The van der Waals surface area contributed by atoms with Gasteiger partial charge in [0.15, 0.2) is 5.82 Å². The minimum atomic E-state index is 0.248. The molecular weight excluding hydrogens is 256 g/mol. The van der Waals surface area contributed by atoms with Gasteiger partial charge < -0.3 is 15.2 Å². The SMILES string of the molecule is Cc1cc(-c2nc(N3CCC(C)(CN)CC3)n[nH]2)on1. The summed E-state index contributed by atoms with van der Waals surface area (Å²) in [4.78, 5) is 6.67. The van der Waals surface area contributed by atoms with Crippen LogP contribution < -0.4 is 10.6 Å². The molecule has 0 amide bonds. The van der Waals surface area contributed by atoms with Crippen LogP contribution in [-0.2, 0) is 0 Å². The molecule has 0 atom stereocenters. The second-order valence-electron chi connectivity index (χ2n) is 5.82. The zero-order valence-electron chi connectivity index (χ0n) is 11.9. The van der Waals surface area contributed by atoms with Crippen LogP contribution in [0.2, 0.25) is 0 Å². The number of aryl methyl sites for hydroxylation is 1. The summed E-state index contributed by atoms with van der Waals surface area (Å²) < 4.78 is 5.18. The zero-order valence-corrected chi connectivity index (χ0v) is 11.9. The Kier molecular flexibility index (Phi) is 3.21. The molecule has 7 nitrogen and oxygen atoms in total. The van der Waals surface area contributed by atoms with Gasteiger partial charge in [0.1, 0.15) is 0 Å². The number of nitrogens with zero attached hydrogens (tertiary/aromatic N) is 4. The maximum absolute atomic E-state index is 5.83. The Balaban J connectivity index is 1.72. The van der Waals surface area contributed by atoms with Crippen LogP contribution >= 0.6 is 0 Å². The van der Waals surface area contributed by atoms with Crippen LogP contribution in [-0.4, -0.2) is 40.0 Å². The van der Waals surface area contributed by atoms with Gasteiger partial charge in [-0.2, -0.15) is 4.98 Å². The van der Waals surface area contributed by atoms with E-state index in [1.165, 1.54) is 0 Å². The van der Waals surface area contributed by atoms with E-state index in [1.807, 2.05) is 13.0 Å². The number of aromatic nitrogens is 4. The van der Waals surface area contributed by atoms with E-state index in [0.717, 1.165) is 38.2 Å². The number of hydrogen-bond donors (Lipinski definition) is 2. The monoisotopic (exact) mass is 276 g/mol. The highest BCUT2D eigenvalue weighted by molar-refractivity contribution is 5.49. The van der Waals surface area contributed by atoms with Gasteiger partial charge in [-0.05, 0) is 31.7 Å². The molecule has 0 spiro atoms. The summed E-state index contributed by atoms with van der Waals surface area (Å²) in [6.07, 6.45) is 2.13. The second kappa shape index (κ2) is 4.90. The summed E-state index contributed by atoms with van der Waals surface area (Å²) in [5.74, 6) is 1.95. The maximum Gasteiger partial charge on any atom is 0.245 e.